The summed E-state index contributed by atoms with van der Waals surface area (Å²) in [6.07, 6.45) is 3.39. The molecule has 1 aliphatic heterocycles. The lowest BCUT2D eigenvalue weighted by Crippen LogP contribution is -2.48. The minimum Gasteiger partial charge on any atom is -0.347 e. The summed E-state index contributed by atoms with van der Waals surface area (Å²) >= 11 is 13.7. The monoisotopic (exact) mass is 452 g/mol. The second-order valence-corrected chi connectivity index (χ2v) is 10.5. The maximum absolute atomic E-state index is 12.6. The van der Waals surface area contributed by atoms with Crippen molar-refractivity contribution in [3.05, 3.63) is 55.7 Å². The van der Waals surface area contributed by atoms with Crippen molar-refractivity contribution in [3.63, 3.8) is 0 Å². The molecule has 1 aromatic heterocycles. The van der Waals surface area contributed by atoms with Gasteiger partial charge in [-0.3, -0.25) is 4.79 Å². The lowest BCUT2D eigenvalue weighted by Gasteiger charge is -2.35. The molecule has 1 aromatic carbocycles. The molecule has 3 nitrogen and oxygen atoms in total. The van der Waals surface area contributed by atoms with E-state index in [9.17, 15) is 4.79 Å². The molecule has 3 rings (SSSR count). The van der Waals surface area contributed by atoms with Gasteiger partial charge in [-0.25, -0.2) is 0 Å². The molecule has 2 aromatic rings. The van der Waals surface area contributed by atoms with E-state index in [-0.39, 0.29) is 11.9 Å². The van der Waals surface area contributed by atoms with Gasteiger partial charge in [0.05, 0.1) is 14.9 Å². The normalized spacial score (nSPS) is 16.9. The maximum Gasteiger partial charge on any atom is 0.261 e. The van der Waals surface area contributed by atoms with E-state index < -0.39 is 0 Å². The van der Waals surface area contributed by atoms with Gasteiger partial charge in [0, 0.05) is 17.5 Å². The highest BCUT2D eigenvalue weighted by atomic mass is 35.5. The Morgan fingerprint density at radius 3 is 2.48 bits per heavy atom. The molecule has 0 bridgehead atoms. The minimum atomic E-state index is 0.0521. The zero-order chi connectivity index (χ0) is 21.0. The number of hydrogen-bond acceptors (Lipinski definition) is 3. The lowest BCUT2D eigenvalue weighted by molar-refractivity contribution is 0.0897. The van der Waals surface area contributed by atoms with Gasteiger partial charge in [-0.2, -0.15) is 0 Å². The summed E-state index contributed by atoms with van der Waals surface area (Å²) in [5.74, 6) is 1.12. The fourth-order valence-corrected chi connectivity index (χ4v) is 4.96. The summed E-state index contributed by atoms with van der Waals surface area (Å²) in [7, 11) is 0. The first-order chi connectivity index (χ1) is 13.8. The zero-order valence-electron chi connectivity index (χ0n) is 17.4. The van der Waals surface area contributed by atoms with Crippen LogP contribution < -0.4 is 5.32 Å². The third-order valence-corrected chi connectivity index (χ3v) is 7.49. The van der Waals surface area contributed by atoms with Crippen LogP contribution in [0.25, 0.3) is 0 Å². The number of hydrogen-bond donors (Lipinski definition) is 1. The van der Waals surface area contributed by atoms with Crippen LogP contribution in [0, 0.1) is 18.8 Å². The van der Waals surface area contributed by atoms with Gasteiger partial charge in [-0.1, -0.05) is 43.1 Å². The molecule has 0 radical (unpaired) electrons. The second-order valence-electron chi connectivity index (χ2n) is 8.43. The van der Waals surface area contributed by atoms with Crippen molar-refractivity contribution in [3.8, 4) is 0 Å². The van der Waals surface area contributed by atoms with Crippen molar-refractivity contribution in [1.29, 1.82) is 0 Å². The summed E-state index contributed by atoms with van der Waals surface area (Å²) in [5, 5.41) is 4.51. The molecule has 0 spiro atoms. The fraction of sp³-hybridized carbons (Fsp3) is 0.522. The second kappa shape index (κ2) is 10.3. The van der Waals surface area contributed by atoms with Crippen LogP contribution in [0.5, 0.6) is 0 Å². The van der Waals surface area contributed by atoms with Gasteiger partial charge in [0.2, 0.25) is 0 Å². The first-order valence-corrected chi connectivity index (χ1v) is 11.9. The van der Waals surface area contributed by atoms with Gasteiger partial charge >= 0.3 is 0 Å². The van der Waals surface area contributed by atoms with Crippen LogP contribution in [0.4, 0.5) is 0 Å². The van der Waals surface area contributed by atoms with Gasteiger partial charge in [0.25, 0.3) is 5.91 Å². The Kier molecular flexibility index (Phi) is 8.03. The largest absolute Gasteiger partial charge is 0.347 e. The number of nitrogens with zero attached hydrogens (tertiary/aromatic N) is 1. The van der Waals surface area contributed by atoms with Crippen LogP contribution >= 0.6 is 34.5 Å². The predicted octanol–water partition coefficient (Wildman–Crippen LogP) is 6.07. The first kappa shape index (κ1) is 22.6. The molecule has 6 heteroatoms. The van der Waals surface area contributed by atoms with Crippen LogP contribution in [0.3, 0.4) is 0 Å². The highest BCUT2D eigenvalue weighted by Crippen LogP contribution is 2.27. The smallest absolute Gasteiger partial charge is 0.261 e. The quantitative estimate of drug-likeness (QED) is 0.552. The molecule has 0 unspecified atom stereocenters. The number of carbonyl (C=O) groups excluding carboxylic acids is 1. The van der Waals surface area contributed by atoms with Crippen LogP contribution in [0.2, 0.25) is 10.0 Å². The number of aryl methyl sites for hydroxylation is 1. The molecule has 1 N–H and O–H groups in total. The highest BCUT2D eigenvalue weighted by molar-refractivity contribution is 7.13. The number of amides is 1. The molecule has 0 aliphatic carbocycles. The molecule has 1 fully saturated rings. The van der Waals surface area contributed by atoms with Crippen molar-refractivity contribution >= 4 is 40.4 Å². The zero-order valence-corrected chi connectivity index (χ0v) is 19.7. The molecule has 2 heterocycles. The third-order valence-electron chi connectivity index (χ3n) is 5.76. The third kappa shape index (κ3) is 6.45. The van der Waals surface area contributed by atoms with E-state index in [1.807, 2.05) is 31.2 Å². The SMILES string of the molecule is Cc1ccc(C(=O)N[C@@H](CN2CCC(Cc3ccc(Cl)c(Cl)c3)CC2)C(C)C)s1. The Balaban J connectivity index is 1.49. The Bertz CT molecular complexity index is 828. The van der Waals surface area contributed by atoms with Gasteiger partial charge in [-0.15, -0.1) is 11.3 Å². The number of benzene rings is 1. The number of halogens is 2. The summed E-state index contributed by atoms with van der Waals surface area (Å²) in [6, 6.07) is 10.0. The number of thiophene rings is 1. The summed E-state index contributed by atoms with van der Waals surface area (Å²) < 4.78 is 0. The maximum atomic E-state index is 12.6. The van der Waals surface area contributed by atoms with Crippen molar-refractivity contribution in [2.45, 2.75) is 46.1 Å². The van der Waals surface area contributed by atoms with E-state index in [1.165, 1.54) is 23.3 Å². The Labute approximate surface area is 188 Å². The standard InChI is InChI=1S/C23H30Cl2N2OS/c1-15(2)21(26-23(28)22-7-4-16(3)29-22)14-27-10-8-17(9-11-27)12-18-5-6-19(24)20(25)13-18/h4-7,13,15,17,21H,8-12,14H2,1-3H3,(H,26,28)/t21-/m0/s1. The Morgan fingerprint density at radius 1 is 1.17 bits per heavy atom. The van der Waals surface area contributed by atoms with E-state index in [0.717, 1.165) is 30.9 Å². The summed E-state index contributed by atoms with van der Waals surface area (Å²) in [6.45, 7) is 9.45. The number of likely N-dealkylation sites (tertiary alicyclic amines) is 1. The Hall–Kier alpha value is -1.07. The van der Waals surface area contributed by atoms with E-state index in [0.29, 0.717) is 21.9 Å². The Morgan fingerprint density at radius 2 is 1.90 bits per heavy atom. The van der Waals surface area contributed by atoms with E-state index in [2.05, 4.69) is 30.1 Å². The van der Waals surface area contributed by atoms with Gasteiger partial charge < -0.3 is 10.2 Å². The molecule has 1 saturated heterocycles. The minimum absolute atomic E-state index is 0.0521. The van der Waals surface area contributed by atoms with E-state index in [4.69, 9.17) is 23.2 Å². The molecule has 0 saturated carbocycles. The molecule has 1 amide bonds. The average molecular weight is 453 g/mol. The number of rotatable bonds is 7. The molecule has 1 atom stereocenters. The number of carbonyl (C=O) groups is 1. The molecular formula is C23H30Cl2N2OS. The van der Waals surface area contributed by atoms with Crippen LogP contribution in [-0.2, 0) is 6.42 Å². The van der Waals surface area contributed by atoms with Crippen molar-refractivity contribution in [2.75, 3.05) is 19.6 Å². The topological polar surface area (TPSA) is 32.3 Å². The predicted molar refractivity (Wildman–Crippen MR) is 124 cm³/mol. The van der Waals surface area contributed by atoms with Crippen LogP contribution in [-0.4, -0.2) is 36.5 Å². The lowest BCUT2D eigenvalue weighted by atomic mass is 9.89. The summed E-state index contributed by atoms with van der Waals surface area (Å²) in [4.78, 5) is 17.0. The van der Waals surface area contributed by atoms with Gasteiger partial charge in [0.15, 0.2) is 0 Å². The van der Waals surface area contributed by atoms with E-state index >= 15 is 0 Å². The molecule has 158 valence electrons. The van der Waals surface area contributed by atoms with Gasteiger partial charge in [0.1, 0.15) is 0 Å². The van der Waals surface area contributed by atoms with Crippen molar-refractivity contribution in [2.24, 2.45) is 11.8 Å². The summed E-state index contributed by atoms with van der Waals surface area (Å²) in [5.41, 5.74) is 1.26. The first-order valence-electron chi connectivity index (χ1n) is 10.4. The molecular weight excluding hydrogens is 423 g/mol. The van der Waals surface area contributed by atoms with Gasteiger partial charge in [-0.05, 0) is 80.9 Å². The molecule has 1 aliphatic rings. The highest BCUT2D eigenvalue weighted by Gasteiger charge is 2.25. The fourth-order valence-electron chi connectivity index (χ4n) is 3.87. The van der Waals surface area contributed by atoms with Crippen LogP contribution in [0.1, 0.15) is 46.8 Å². The number of nitrogens with one attached hydrogen (secondary N) is 1. The molecule has 29 heavy (non-hydrogen) atoms. The van der Waals surface area contributed by atoms with E-state index in [1.54, 1.807) is 11.3 Å². The average Bonchev–Trinajstić information content (AvgIpc) is 3.12. The van der Waals surface area contributed by atoms with Crippen LogP contribution in [0.15, 0.2) is 30.3 Å². The van der Waals surface area contributed by atoms with Crippen molar-refractivity contribution < 1.29 is 4.79 Å². The van der Waals surface area contributed by atoms with Crippen molar-refractivity contribution in [1.82, 2.24) is 10.2 Å². The number of piperidine rings is 1.